The number of piperazine rings is 1. The topological polar surface area (TPSA) is 105 Å². The van der Waals surface area contributed by atoms with Crippen molar-refractivity contribution >= 4 is 17.5 Å². The van der Waals surface area contributed by atoms with Gasteiger partial charge in [-0.15, -0.1) is 0 Å². The molecular weight excluding hydrogens is 608 g/mol. The Bertz CT molecular complexity index is 1390. The van der Waals surface area contributed by atoms with Crippen LogP contribution < -0.4 is 19.9 Å². The monoisotopic (exact) mass is 662 g/mol. The fraction of sp³-hybridized carbons (Fsp3) is 0.757. The molecule has 4 saturated heterocycles. The molecule has 6 heterocycles. The Morgan fingerprint density at radius 3 is 2.35 bits per heavy atom. The fourth-order valence-electron chi connectivity index (χ4n) is 9.60. The molecule has 11 nitrogen and oxygen atoms in total. The summed E-state index contributed by atoms with van der Waals surface area (Å²) in [7, 11) is 1.43. The number of piperidine rings is 2. The van der Waals surface area contributed by atoms with Crippen molar-refractivity contribution in [2.75, 3.05) is 56.2 Å². The number of fused-ring (bicyclic) bond motifs is 2. The Morgan fingerprint density at radius 2 is 1.69 bits per heavy atom. The van der Waals surface area contributed by atoms with Gasteiger partial charge in [-0.1, -0.05) is 19.0 Å². The molecule has 6 aliphatic rings. The second-order valence-electron chi connectivity index (χ2n) is 15.7. The number of carbonyl (C=O) groups is 1. The quantitative estimate of drug-likeness (QED) is 0.337. The number of ether oxygens (including phenoxy) is 3. The largest absolute Gasteiger partial charge is 0.474 e. The normalized spacial score (nSPS) is 29.9. The number of hydrogen-bond acceptors (Lipinski definition) is 11. The molecule has 262 valence electrons. The summed E-state index contributed by atoms with van der Waals surface area (Å²) in [6.45, 7) is 10.4. The minimum atomic E-state index is -0.424. The van der Waals surface area contributed by atoms with E-state index in [2.05, 4.69) is 42.3 Å². The zero-order chi connectivity index (χ0) is 32.8. The first-order chi connectivity index (χ1) is 23.4. The molecule has 11 heteroatoms. The first-order valence-corrected chi connectivity index (χ1v) is 18.7. The molecule has 3 atom stereocenters. The average Bonchev–Trinajstić information content (AvgIpc) is 3.69. The molecule has 8 rings (SSSR count). The predicted molar refractivity (Wildman–Crippen MR) is 183 cm³/mol. The van der Waals surface area contributed by atoms with Crippen molar-refractivity contribution in [3.63, 3.8) is 0 Å². The molecule has 4 aliphatic heterocycles. The zero-order valence-corrected chi connectivity index (χ0v) is 29.0. The first-order valence-electron chi connectivity index (χ1n) is 18.7. The summed E-state index contributed by atoms with van der Waals surface area (Å²) in [5, 5.41) is 7.93. The Labute approximate surface area is 285 Å². The number of nitrogens with one attached hydrogen (secondary N) is 1. The molecule has 2 aliphatic carbocycles. The van der Waals surface area contributed by atoms with E-state index in [1.54, 1.807) is 0 Å². The van der Waals surface area contributed by atoms with Crippen LogP contribution in [-0.2, 0) is 14.3 Å². The van der Waals surface area contributed by atoms with Gasteiger partial charge in [0.1, 0.15) is 12.0 Å². The van der Waals surface area contributed by atoms with Crippen LogP contribution >= 0.6 is 0 Å². The van der Waals surface area contributed by atoms with Crippen LogP contribution in [0, 0.1) is 11.8 Å². The molecule has 2 bridgehead atoms. The zero-order valence-electron chi connectivity index (χ0n) is 29.0. The van der Waals surface area contributed by atoms with Gasteiger partial charge in [0.25, 0.3) is 0 Å². The van der Waals surface area contributed by atoms with E-state index in [1.807, 2.05) is 26.1 Å². The number of pyridine rings is 1. The first kappa shape index (κ1) is 32.3. The Hall–Kier alpha value is -2.89. The van der Waals surface area contributed by atoms with Gasteiger partial charge in [-0.2, -0.15) is 0 Å². The van der Waals surface area contributed by atoms with E-state index in [-0.39, 0.29) is 18.0 Å². The van der Waals surface area contributed by atoms with Crippen molar-refractivity contribution in [2.24, 2.45) is 11.8 Å². The van der Waals surface area contributed by atoms with Crippen molar-refractivity contribution in [3.8, 4) is 5.88 Å². The third-order valence-electron chi connectivity index (χ3n) is 12.5. The van der Waals surface area contributed by atoms with Crippen molar-refractivity contribution in [2.45, 2.75) is 120 Å². The van der Waals surface area contributed by atoms with Crippen LogP contribution in [0.1, 0.15) is 89.7 Å². The third kappa shape index (κ3) is 6.31. The Kier molecular flexibility index (Phi) is 9.05. The highest BCUT2D eigenvalue weighted by Gasteiger charge is 2.54. The summed E-state index contributed by atoms with van der Waals surface area (Å²) in [5.41, 5.74) is 1.63. The van der Waals surface area contributed by atoms with Crippen LogP contribution in [0.4, 0.5) is 11.5 Å². The molecule has 3 unspecified atom stereocenters. The summed E-state index contributed by atoms with van der Waals surface area (Å²) in [5.74, 6) is 2.30. The van der Waals surface area contributed by atoms with E-state index in [0.29, 0.717) is 35.6 Å². The highest BCUT2D eigenvalue weighted by atomic mass is 16.5. The molecule has 0 amide bonds. The number of likely N-dealkylation sites (tertiary alicyclic amines) is 1. The number of anilines is 2. The van der Waals surface area contributed by atoms with Gasteiger partial charge in [0.15, 0.2) is 11.6 Å². The van der Waals surface area contributed by atoms with Gasteiger partial charge in [-0.05, 0) is 69.3 Å². The molecule has 48 heavy (non-hydrogen) atoms. The number of aromatic nitrogens is 2. The lowest BCUT2D eigenvalue weighted by molar-refractivity contribution is -0.144. The van der Waals surface area contributed by atoms with Crippen LogP contribution in [0.25, 0.3) is 0 Å². The van der Waals surface area contributed by atoms with E-state index >= 15 is 0 Å². The summed E-state index contributed by atoms with van der Waals surface area (Å²) in [6.07, 6.45) is 14.4. The smallest absolute Gasteiger partial charge is 0.316 e. The van der Waals surface area contributed by atoms with E-state index in [0.717, 1.165) is 82.6 Å². The van der Waals surface area contributed by atoms with Crippen LogP contribution in [0.3, 0.4) is 0 Å². The minimum absolute atomic E-state index is 0.0801. The highest BCUT2D eigenvalue weighted by Crippen LogP contribution is 2.52. The third-order valence-corrected chi connectivity index (χ3v) is 12.5. The van der Waals surface area contributed by atoms with E-state index in [1.165, 1.54) is 51.3 Å². The van der Waals surface area contributed by atoms with Crippen LogP contribution in [0.2, 0.25) is 0 Å². The number of rotatable bonds is 11. The molecule has 2 aromatic rings. The molecule has 2 aromatic heterocycles. The number of esters is 1. The van der Waals surface area contributed by atoms with Gasteiger partial charge >= 0.3 is 5.97 Å². The molecule has 2 saturated carbocycles. The summed E-state index contributed by atoms with van der Waals surface area (Å²) >= 11 is 0. The number of nitrogens with zero attached hydrogens (tertiary/aromatic N) is 5. The SMILES string of the molecule is COC(=O)C(c1cc(N2CCC(C3(N4CCC(OC5CC(Oc6cc(N7C8CCC7CNC8)ccn6)C5)CC4)CC3)CC2)no1)C(C)C. The number of methoxy groups -OCH3 is 1. The van der Waals surface area contributed by atoms with Crippen molar-refractivity contribution in [1.82, 2.24) is 20.4 Å². The molecule has 0 radical (unpaired) electrons. The molecule has 0 spiro atoms. The average molecular weight is 663 g/mol. The van der Waals surface area contributed by atoms with Crippen LogP contribution in [0.5, 0.6) is 5.88 Å². The van der Waals surface area contributed by atoms with Gasteiger partial charge in [0.2, 0.25) is 5.88 Å². The predicted octanol–water partition coefficient (Wildman–Crippen LogP) is 4.76. The van der Waals surface area contributed by atoms with Gasteiger partial charge in [-0.25, -0.2) is 4.98 Å². The van der Waals surface area contributed by atoms with Crippen LogP contribution in [-0.4, -0.2) is 103 Å². The van der Waals surface area contributed by atoms with Crippen LogP contribution in [0.15, 0.2) is 28.9 Å². The minimum Gasteiger partial charge on any atom is -0.474 e. The Balaban J connectivity index is 0.768. The lowest BCUT2D eigenvalue weighted by Crippen LogP contribution is -2.52. The second kappa shape index (κ2) is 13.4. The van der Waals surface area contributed by atoms with E-state index in [9.17, 15) is 4.79 Å². The summed E-state index contributed by atoms with van der Waals surface area (Å²) < 4.78 is 23.6. The summed E-state index contributed by atoms with van der Waals surface area (Å²) in [6, 6.07) is 7.42. The van der Waals surface area contributed by atoms with E-state index < -0.39 is 5.92 Å². The highest BCUT2D eigenvalue weighted by molar-refractivity contribution is 5.77. The maximum Gasteiger partial charge on any atom is 0.316 e. The van der Waals surface area contributed by atoms with Gasteiger partial charge in [0, 0.05) is 93.7 Å². The van der Waals surface area contributed by atoms with Gasteiger partial charge in [-0.3, -0.25) is 9.69 Å². The maximum absolute atomic E-state index is 12.3. The fourth-order valence-corrected chi connectivity index (χ4v) is 9.60. The Morgan fingerprint density at radius 1 is 0.958 bits per heavy atom. The van der Waals surface area contributed by atoms with E-state index in [4.69, 9.17) is 18.7 Å². The van der Waals surface area contributed by atoms with Crippen molar-refractivity contribution < 1.29 is 23.5 Å². The van der Waals surface area contributed by atoms with Crippen molar-refractivity contribution in [1.29, 1.82) is 0 Å². The van der Waals surface area contributed by atoms with Crippen molar-refractivity contribution in [3.05, 3.63) is 30.2 Å². The standard InChI is InChI=1S/C37H54N6O5/c1-24(2)35(36(44)45-3)32-21-33(40-48-32)41-14-7-25(8-15-41)37(11-12-37)42-16-9-29(10-17-42)46-30-19-31(20-30)47-34-18-26(6-13-39-34)43-27-4-5-28(43)23-38-22-27/h6,13,18,21,24-25,27-31,35,38H,4-5,7-12,14-17,19-20,22-23H2,1-3H3. The number of hydrogen-bond donors (Lipinski definition) is 1. The summed E-state index contributed by atoms with van der Waals surface area (Å²) in [4.78, 5) is 24.6. The van der Waals surface area contributed by atoms with Gasteiger partial charge in [0.05, 0.1) is 19.3 Å². The molecular formula is C37H54N6O5. The second-order valence-corrected chi connectivity index (χ2v) is 15.7. The maximum atomic E-state index is 12.3. The lowest BCUT2D eigenvalue weighted by atomic mass is 9.85. The van der Waals surface area contributed by atoms with Gasteiger partial charge < -0.3 is 33.9 Å². The number of carbonyl (C=O) groups excluding carboxylic acids is 1. The molecule has 6 fully saturated rings. The molecule has 0 aromatic carbocycles. The lowest BCUT2D eigenvalue weighted by Gasteiger charge is -2.45. The molecule has 1 N–H and O–H groups in total.